The maximum Gasteiger partial charge on any atom is 0.135 e. The molecule has 0 saturated carbocycles. The van der Waals surface area contributed by atoms with Crippen molar-refractivity contribution < 1.29 is 4.42 Å². The molecule has 1 nitrogen and oxygen atoms in total. The van der Waals surface area contributed by atoms with Crippen LogP contribution in [0.1, 0.15) is 0 Å². The third-order valence-corrected chi connectivity index (χ3v) is 9.88. The van der Waals surface area contributed by atoms with Crippen LogP contribution in [0.15, 0.2) is 172 Å². The minimum absolute atomic E-state index is 0.866. The predicted molar refractivity (Wildman–Crippen MR) is 185 cm³/mol. The quantitative estimate of drug-likeness (QED) is 0.206. The van der Waals surface area contributed by atoms with Gasteiger partial charge < -0.3 is 4.42 Å². The van der Waals surface area contributed by atoms with Crippen molar-refractivity contribution in [1.82, 2.24) is 0 Å². The average molecular weight is 579 g/mol. The van der Waals surface area contributed by atoms with Gasteiger partial charge in [0.25, 0.3) is 0 Å². The fourth-order valence-electron chi connectivity index (χ4n) is 6.78. The van der Waals surface area contributed by atoms with Crippen molar-refractivity contribution in [2.75, 3.05) is 0 Å². The topological polar surface area (TPSA) is 13.1 Å². The summed E-state index contributed by atoms with van der Waals surface area (Å²) in [6.45, 7) is 0. The van der Waals surface area contributed by atoms with Crippen molar-refractivity contribution in [3.8, 4) is 56.0 Å². The summed E-state index contributed by atoms with van der Waals surface area (Å²) in [5.74, 6) is 1.75. The first-order chi connectivity index (χ1) is 21.8. The van der Waals surface area contributed by atoms with Gasteiger partial charge in [0, 0.05) is 26.3 Å². The van der Waals surface area contributed by atoms with Gasteiger partial charge >= 0.3 is 0 Å². The van der Waals surface area contributed by atoms with Gasteiger partial charge in [-0.3, -0.25) is 0 Å². The Morgan fingerprint density at radius 1 is 0.341 bits per heavy atom. The first-order valence-electron chi connectivity index (χ1n) is 14.9. The van der Waals surface area contributed by atoms with E-state index in [1.54, 1.807) is 0 Å². The Kier molecular flexibility index (Phi) is 5.82. The SMILES string of the molecule is c1ccc(-c2cccc3cccc(-c4ccccc4-c4ccc(-c5ccc6c7c(cccc57)-c5ccccc5S6)o4)c23)cc1. The molecule has 0 radical (unpaired) electrons. The van der Waals surface area contributed by atoms with E-state index >= 15 is 0 Å². The fourth-order valence-corrected chi connectivity index (χ4v) is 7.91. The zero-order chi connectivity index (χ0) is 29.0. The summed E-state index contributed by atoms with van der Waals surface area (Å²) in [6, 6.07) is 56.5. The highest BCUT2D eigenvalue weighted by molar-refractivity contribution is 7.99. The maximum absolute atomic E-state index is 6.75. The Labute approximate surface area is 260 Å². The van der Waals surface area contributed by atoms with Gasteiger partial charge in [-0.05, 0) is 79.9 Å². The highest BCUT2D eigenvalue weighted by Crippen LogP contribution is 2.50. The molecule has 0 N–H and O–H groups in total. The van der Waals surface area contributed by atoms with Crippen LogP contribution in [0.3, 0.4) is 0 Å². The van der Waals surface area contributed by atoms with Gasteiger partial charge in [-0.2, -0.15) is 0 Å². The lowest BCUT2D eigenvalue weighted by atomic mass is 9.89. The van der Waals surface area contributed by atoms with Crippen LogP contribution in [0.2, 0.25) is 0 Å². The molecule has 7 aromatic carbocycles. The predicted octanol–water partition coefficient (Wildman–Crippen LogP) is 12.4. The van der Waals surface area contributed by atoms with Gasteiger partial charge in [0.15, 0.2) is 0 Å². The Bertz CT molecular complexity index is 2360. The highest BCUT2D eigenvalue weighted by Gasteiger charge is 2.22. The summed E-state index contributed by atoms with van der Waals surface area (Å²) in [5, 5.41) is 5.00. The van der Waals surface area contributed by atoms with Gasteiger partial charge in [-0.1, -0.05) is 139 Å². The molecule has 0 bridgehead atoms. The second kappa shape index (κ2) is 10.2. The number of benzene rings is 7. The van der Waals surface area contributed by atoms with Crippen LogP contribution in [0, 0.1) is 0 Å². The highest BCUT2D eigenvalue weighted by atomic mass is 32.2. The van der Waals surface area contributed by atoms with Crippen LogP contribution in [0.4, 0.5) is 0 Å². The van der Waals surface area contributed by atoms with E-state index in [4.69, 9.17) is 4.42 Å². The molecule has 44 heavy (non-hydrogen) atoms. The molecule has 2 heterocycles. The minimum Gasteiger partial charge on any atom is -0.456 e. The van der Waals surface area contributed by atoms with Crippen molar-refractivity contribution in [1.29, 1.82) is 0 Å². The van der Waals surface area contributed by atoms with E-state index in [-0.39, 0.29) is 0 Å². The molecule has 0 spiro atoms. The Hall–Kier alpha value is -5.31. The van der Waals surface area contributed by atoms with Crippen molar-refractivity contribution in [3.63, 3.8) is 0 Å². The van der Waals surface area contributed by atoms with Gasteiger partial charge in [-0.15, -0.1) is 0 Å². The second-order valence-corrected chi connectivity index (χ2v) is 12.3. The second-order valence-electron chi connectivity index (χ2n) is 11.2. The summed E-state index contributed by atoms with van der Waals surface area (Å²) in [6.07, 6.45) is 0. The van der Waals surface area contributed by atoms with E-state index < -0.39 is 0 Å². The molecule has 1 aliphatic heterocycles. The van der Waals surface area contributed by atoms with E-state index in [2.05, 4.69) is 158 Å². The largest absolute Gasteiger partial charge is 0.456 e. The van der Waals surface area contributed by atoms with Crippen molar-refractivity contribution >= 4 is 33.3 Å². The molecule has 0 fully saturated rings. The molecule has 0 saturated heterocycles. The van der Waals surface area contributed by atoms with E-state index in [0.717, 1.165) is 28.2 Å². The summed E-state index contributed by atoms with van der Waals surface area (Å²) in [5.41, 5.74) is 9.60. The fraction of sp³-hybridized carbons (Fsp3) is 0. The molecule has 0 unspecified atom stereocenters. The maximum atomic E-state index is 6.75. The number of furan rings is 1. The number of hydrogen-bond acceptors (Lipinski definition) is 2. The lowest BCUT2D eigenvalue weighted by Crippen LogP contribution is -1.93. The third kappa shape index (κ3) is 3.96. The monoisotopic (exact) mass is 578 g/mol. The van der Waals surface area contributed by atoms with Crippen LogP contribution in [0.5, 0.6) is 0 Å². The molecule has 1 aliphatic rings. The summed E-state index contributed by atoms with van der Waals surface area (Å²) in [4.78, 5) is 2.60. The number of hydrogen-bond donors (Lipinski definition) is 0. The molecular weight excluding hydrogens is 553 g/mol. The molecular formula is C42H26OS. The van der Waals surface area contributed by atoms with Gasteiger partial charge in [0.2, 0.25) is 0 Å². The smallest absolute Gasteiger partial charge is 0.135 e. The Balaban J connectivity index is 1.20. The molecule has 206 valence electrons. The van der Waals surface area contributed by atoms with Crippen molar-refractivity contribution in [3.05, 3.63) is 158 Å². The molecule has 0 amide bonds. The van der Waals surface area contributed by atoms with Crippen LogP contribution in [-0.4, -0.2) is 0 Å². The van der Waals surface area contributed by atoms with Crippen molar-refractivity contribution in [2.24, 2.45) is 0 Å². The van der Waals surface area contributed by atoms with E-state index in [1.807, 2.05) is 11.8 Å². The van der Waals surface area contributed by atoms with Crippen LogP contribution in [-0.2, 0) is 0 Å². The van der Waals surface area contributed by atoms with Gasteiger partial charge in [-0.25, -0.2) is 0 Å². The number of rotatable bonds is 4. The van der Waals surface area contributed by atoms with Gasteiger partial charge in [0.05, 0.1) is 0 Å². The zero-order valence-electron chi connectivity index (χ0n) is 23.8. The van der Waals surface area contributed by atoms with E-state index in [1.165, 1.54) is 59.2 Å². The summed E-state index contributed by atoms with van der Waals surface area (Å²) < 4.78 is 6.75. The van der Waals surface area contributed by atoms with Crippen LogP contribution < -0.4 is 0 Å². The molecule has 8 aromatic rings. The van der Waals surface area contributed by atoms with Crippen LogP contribution in [0.25, 0.3) is 77.6 Å². The number of fused-ring (bicyclic) bond motifs is 3. The van der Waals surface area contributed by atoms with E-state index in [0.29, 0.717) is 0 Å². The normalized spacial score (nSPS) is 12.0. The van der Waals surface area contributed by atoms with E-state index in [9.17, 15) is 0 Å². The average Bonchev–Trinajstić information content (AvgIpc) is 3.58. The molecule has 9 rings (SSSR count). The van der Waals surface area contributed by atoms with Crippen molar-refractivity contribution in [2.45, 2.75) is 9.79 Å². The summed E-state index contributed by atoms with van der Waals surface area (Å²) >= 11 is 1.85. The zero-order valence-corrected chi connectivity index (χ0v) is 24.6. The lowest BCUT2D eigenvalue weighted by Gasteiger charge is -2.21. The molecule has 0 atom stereocenters. The molecule has 0 aliphatic carbocycles. The molecule has 2 heteroatoms. The summed E-state index contributed by atoms with van der Waals surface area (Å²) in [7, 11) is 0. The van der Waals surface area contributed by atoms with Gasteiger partial charge in [0.1, 0.15) is 11.5 Å². The standard InChI is InChI=1S/C42H26OS/c1-2-11-27(12-3-1)29-18-8-13-28-14-9-19-34(41(28)29)30-15-4-5-16-31(30)37-24-25-38(43-37)32-23-26-40-42-35(32)20-10-21-36(42)33-17-6-7-22-39(33)44-40/h1-26H. The Morgan fingerprint density at radius 3 is 1.77 bits per heavy atom. The molecule has 1 aromatic heterocycles. The van der Waals surface area contributed by atoms with Crippen LogP contribution >= 0.6 is 11.8 Å². The minimum atomic E-state index is 0.866. The first kappa shape index (κ1) is 25.2. The Morgan fingerprint density at radius 2 is 0.955 bits per heavy atom. The lowest BCUT2D eigenvalue weighted by molar-refractivity contribution is 0.598. The first-order valence-corrected chi connectivity index (χ1v) is 15.8. The third-order valence-electron chi connectivity index (χ3n) is 8.74.